The van der Waals surface area contributed by atoms with Gasteiger partial charge >= 0.3 is 0 Å². The van der Waals surface area contributed by atoms with Gasteiger partial charge < -0.3 is 10.5 Å². The van der Waals surface area contributed by atoms with Gasteiger partial charge in [0.15, 0.2) is 11.6 Å². The zero-order valence-corrected chi connectivity index (χ0v) is 6.59. The molecule has 1 fully saturated rings. The fraction of sp³-hybridized carbons (Fsp3) is 0.333. The van der Waals surface area contributed by atoms with Gasteiger partial charge in [0.2, 0.25) is 0 Å². The Morgan fingerprint density at radius 1 is 1.42 bits per heavy atom. The second-order valence-electron chi connectivity index (χ2n) is 2.98. The topological polar surface area (TPSA) is 35.2 Å². The fourth-order valence-corrected chi connectivity index (χ4v) is 1.00. The standard InChI is InChI=1S/C9H10FNO/c10-7-2-1-3-8(11)9(7)12-6-4-5-6/h1-3,6H,4-5,11H2. The van der Waals surface area contributed by atoms with Gasteiger partial charge in [-0.2, -0.15) is 0 Å². The molecule has 2 N–H and O–H groups in total. The summed E-state index contributed by atoms with van der Waals surface area (Å²) in [5.41, 5.74) is 5.91. The van der Waals surface area contributed by atoms with Crippen LogP contribution in [0.2, 0.25) is 0 Å². The molecule has 2 nitrogen and oxygen atoms in total. The molecule has 1 aliphatic carbocycles. The van der Waals surface area contributed by atoms with Crippen molar-refractivity contribution in [3.63, 3.8) is 0 Å². The SMILES string of the molecule is Nc1cccc(F)c1OC1CC1. The molecular formula is C9H10FNO. The average Bonchev–Trinajstić information content (AvgIpc) is 2.80. The largest absolute Gasteiger partial charge is 0.485 e. The van der Waals surface area contributed by atoms with E-state index in [1.54, 1.807) is 12.1 Å². The zero-order chi connectivity index (χ0) is 8.55. The number of halogens is 1. The van der Waals surface area contributed by atoms with E-state index in [-0.39, 0.29) is 17.7 Å². The van der Waals surface area contributed by atoms with Crippen molar-refractivity contribution in [3.05, 3.63) is 24.0 Å². The second-order valence-corrected chi connectivity index (χ2v) is 2.98. The Kier molecular flexibility index (Phi) is 1.64. The van der Waals surface area contributed by atoms with E-state index < -0.39 is 0 Å². The normalized spacial score (nSPS) is 16.1. The highest BCUT2D eigenvalue weighted by Gasteiger charge is 2.25. The predicted octanol–water partition coefficient (Wildman–Crippen LogP) is 1.95. The molecule has 0 heterocycles. The fourth-order valence-electron chi connectivity index (χ4n) is 1.00. The lowest BCUT2D eigenvalue weighted by atomic mass is 10.3. The lowest BCUT2D eigenvalue weighted by Crippen LogP contribution is -2.01. The number of nitrogen functional groups attached to an aromatic ring is 1. The second kappa shape index (κ2) is 2.66. The molecule has 0 aromatic heterocycles. The van der Waals surface area contributed by atoms with Crippen molar-refractivity contribution in [1.29, 1.82) is 0 Å². The van der Waals surface area contributed by atoms with Gasteiger partial charge in [-0.3, -0.25) is 0 Å². The summed E-state index contributed by atoms with van der Waals surface area (Å²) < 4.78 is 18.3. The molecule has 0 unspecified atom stereocenters. The summed E-state index contributed by atoms with van der Waals surface area (Å²) in [4.78, 5) is 0. The number of hydrogen-bond donors (Lipinski definition) is 1. The maximum Gasteiger partial charge on any atom is 0.178 e. The van der Waals surface area contributed by atoms with Crippen molar-refractivity contribution in [2.75, 3.05) is 5.73 Å². The van der Waals surface area contributed by atoms with Crippen LogP contribution in [0.5, 0.6) is 5.75 Å². The van der Waals surface area contributed by atoms with Crippen LogP contribution in [0.3, 0.4) is 0 Å². The van der Waals surface area contributed by atoms with Crippen molar-refractivity contribution in [2.24, 2.45) is 0 Å². The van der Waals surface area contributed by atoms with E-state index in [0.717, 1.165) is 12.8 Å². The lowest BCUT2D eigenvalue weighted by molar-refractivity contribution is 0.289. The summed E-state index contributed by atoms with van der Waals surface area (Å²) in [6, 6.07) is 4.57. The molecule has 1 saturated carbocycles. The van der Waals surface area contributed by atoms with Crippen LogP contribution >= 0.6 is 0 Å². The number of anilines is 1. The third-order valence-electron chi connectivity index (χ3n) is 1.81. The van der Waals surface area contributed by atoms with E-state index in [1.807, 2.05) is 0 Å². The number of hydrogen-bond acceptors (Lipinski definition) is 2. The van der Waals surface area contributed by atoms with Gasteiger partial charge in [0, 0.05) is 0 Å². The Morgan fingerprint density at radius 2 is 2.17 bits per heavy atom. The minimum Gasteiger partial charge on any atom is -0.485 e. The first-order valence-corrected chi connectivity index (χ1v) is 3.98. The van der Waals surface area contributed by atoms with Crippen molar-refractivity contribution in [3.8, 4) is 5.75 Å². The Balaban J connectivity index is 2.26. The monoisotopic (exact) mass is 167 g/mol. The number of benzene rings is 1. The highest BCUT2D eigenvalue weighted by atomic mass is 19.1. The van der Waals surface area contributed by atoms with Crippen LogP contribution < -0.4 is 10.5 Å². The maximum atomic E-state index is 13.0. The Bertz CT molecular complexity index is 276. The quantitative estimate of drug-likeness (QED) is 0.683. The Labute approximate surface area is 70.1 Å². The molecule has 1 aromatic rings. The predicted molar refractivity (Wildman–Crippen MR) is 44.5 cm³/mol. The number of para-hydroxylation sites is 1. The molecule has 12 heavy (non-hydrogen) atoms. The molecule has 2 rings (SSSR count). The van der Waals surface area contributed by atoms with Gasteiger partial charge in [0.1, 0.15) is 0 Å². The third kappa shape index (κ3) is 1.35. The molecule has 0 saturated heterocycles. The van der Waals surface area contributed by atoms with Crippen LogP contribution in [0.25, 0.3) is 0 Å². The maximum absolute atomic E-state index is 13.0. The Hall–Kier alpha value is -1.25. The van der Waals surface area contributed by atoms with Gasteiger partial charge in [0.05, 0.1) is 11.8 Å². The average molecular weight is 167 g/mol. The van der Waals surface area contributed by atoms with Crippen LogP contribution in [-0.2, 0) is 0 Å². The van der Waals surface area contributed by atoms with E-state index in [1.165, 1.54) is 6.07 Å². The first-order valence-electron chi connectivity index (χ1n) is 3.98. The molecule has 0 radical (unpaired) electrons. The molecule has 3 heteroatoms. The van der Waals surface area contributed by atoms with Crippen molar-refractivity contribution in [2.45, 2.75) is 18.9 Å². The molecule has 0 bridgehead atoms. The molecule has 1 aromatic carbocycles. The minimum atomic E-state index is -0.373. The Morgan fingerprint density at radius 3 is 2.75 bits per heavy atom. The van der Waals surface area contributed by atoms with Crippen LogP contribution in [0.4, 0.5) is 10.1 Å². The first-order chi connectivity index (χ1) is 5.77. The highest BCUT2D eigenvalue weighted by molar-refractivity contribution is 5.53. The van der Waals surface area contributed by atoms with Gasteiger partial charge in [-0.1, -0.05) is 6.07 Å². The van der Waals surface area contributed by atoms with Crippen LogP contribution in [0.1, 0.15) is 12.8 Å². The minimum absolute atomic E-state index is 0.184. The molecule has 1 aliphatic rings. The molecule has 0 aliphatic heterocycles. The van der Waals surface area contributed by atoms with Crippen LogP contribution in [0.15, 0.2) is 18.2 Å². The first kappa shape index (κ1) is 7.40. The van der Waals surface area contributed by atoms with Crippen LogP contribution in [-0.4, -0.2) is 6.10 Å². The van der Waals surface area contributed by atoms with Crippen molar-refractivity contribution >= 4 is 5.69 Å². The number of nitrogens with two attached hydrogens (primary N) is 1. The third-order valence-corrected chi connectivity index (χ3v) is 1.81. The van der Waals surface area contributed by atoms with E-state index in [4.69, 9.17) is 10.5 Å². The van der Waals surface area contributed by atoms with E-state index >= 15 is 0 Å². The zero-order valence-electron chi connectivity index (χ0n) is 6.59. The molecule has 64 valence electrons. The van der Waals surface area contributed by atoms with Gasteiger partial charge in [-0.05, 0) is 25.0 Å². The number of rotatable bonds is 2. The van der Waals surface area contributed by atoms with Gasteiger partial charge in [0.25, 0.3) is 0 Å². The number of ether oxygens (including phenoxy) is 1. The summed E-state index contributed by atoms with van der Waals surface area (Å²) in [7, 11) is 0. The molecule has 0 spiro atoms. The molecular weight excluding hydrogens is 157 g/mol. The van der Waals surface area contributed by atoms with E-state index in [9.17, 15) is 4.39 Å². The summed E-state index contributed by atoms with van der Waals surface area (Å²) in [5.74, 6) is -0.165. The smallest absolute Gasteiger partial charge is 0.178 e. The van der Waals surface area contributed by atoms with Crippen LogP contribution in [0, 0.1) is 5.82 Å². The lowest BCUT2D eigenvalue weighted by Gasteiger charge is -2.07. The molecule has 0 amide bonds. The van der Waals surface area contributed by atoms with Gasteiger partial charge in [-0.25, -0.2) is 4.39 Å². The summed E-state index contributed by atoms with van der Waals surface area (Å²) in [5, 5.41) is 0. The van der Waals surface area contributed by atoms with Crippen molar-refractivity contribution < 1.29 is 9.13 Å². The summed E-state index contributed by atoms with van der Waals surface area (Å²) in [6.45, 7) is 0. The van der Waals surface area contributed by atoms with Crippen molar-refractivity contribution in [1.82, 2.24) is 0 Å². The van der Waals surface area contributed by atoms with E-state index in [0.29, 0.717) is 5.69 Å². The van der Waals surface area contributed by atoms with E-state index in [2.05, 4.69) is 0 Å². The summed E-state index contributed by atoms with van der Waals surface area (Å²) >= 11 is 0. The van der Waals surface area contributed by atoms with Gasteiger partial charge in [-0.15, -0.1) is 0 Å². The highest BCUT2D eigenvalue weighted by Crippen LogP contribution is 2.32. The molecule has 0 atom stereocenters. The summed E-state index contributed by atoms with van der Waals surface area (Å²) in [6.07, 6.45) is 2.20.